The number of anilines is 1. The number of piperazine rings is 1. The molecule has 0 unspecified atom stereocenters. The monoisotopic (exact) mass is 301 g/mol. The van der Waals surface area contributed by atoms with Gasteiger partial charge in [-0.3, -0.25) is 0 Å². The molecule has 3 rings (SSSR count). The number of fused-ring (bicyclic) bond motifs is 3. The first-order chi connectivity index (χ1) is 8.78. The van der Waals surface area contributed by atoms with Gasteiger partial charge in [0, 0.05) is 37.6 Å². The van der Waals surface area contributed by atoms with E-state index in [1.807, 2.05) is 23.7 Å². The van der Waals surface area contributed by atoms with Gasteiger partial charge >= 0.3 is 0 Å². The highest BCUT2D eigenvalue weighted by Gasteiger charge is 2.31. The van der Waals surface area contributed by atoms with Crippen molar-refractivity contribution in [1.82, 2.24) is 9.29 Å². The third-order valence-corrected chi connectivity index (χ3v) is 5.59. The number of thioether (sulfide) groups is 1. The van der Waals surface area contributed by atoms with E-state index in [0.717, 1.165) is 36.2 Å². The second-order valence-electron chi connectivity index (χ2n) is 4.53. The number of halogens is 1. The Kier molecular flexibility index (Phi) is 3.94. The van der Waals surface area contributed by atoms with Crippen molar-refractivity contribution in [2.24, 2.45) is 0 Å². The molecule has 3 heterocycles. The molecule has 0 saturated carbocycles. The van der Waals surface area contributed by atoms with Crippen molar-refractivity contribution in [3.05, 3.63) is 17.3 Å². The van der Waals surface area contributed by atoms with E-state index < -0.39 is 0 Å². The molecular weight excluding hydrogens is 286 g/mol. The molecule has 0 spiro atoms. The fourth-order valence-electron chi connectivity index (χ4n) is 2.56. The summed E-state index contributed by atoms with van der Waals surface area (Å²) in [4.78, 5) is 8.27. The zero-order valence-electron chi connectivity index (χ0n) is 10.3. The Labute approximate surface area is 121 Å². The van der Waals surface area contributed by atoms with Gasteiger partial charge in [0.25, 0.3) is 0 Å². The van der Waals surface area contributed by atoms with Gasteiger partial charge in [-0.2, -0.15) is 0 Å². The summed E-state index contributed by atoms with van der Waals surface area (Å²) < 4.78 is 2.45. The summed E-state index contributed by atoms with van der Waals surface area (Å²) in [6.45, 7) is 3.30. The summed E-state index contributed by atoms with van der Waals surface area (Å²) in [7, 11) is 0. The number of pyridine rings is 1. The van der Waals surface area contributed by atoms with Crippen molar-refractivity contribution >= 4 is 41.1 Å². The maximum absolute atomic E-state index is 6.04. The van der Waals surface area contributed by atoms with Crippen LogP contribution in [0, 0.1) is 0 Å². The lowest BCUT2D eigenvalue weighted by atomic mass is 10.1. The molecular formula is C12H16ClN3S2. The van der Waals surface area contributed by atoms with E-state index in [-0.39, 0.29) is 0 Å². The lowest BCUT2D eigenvalue weighted by Crippen LogP contribution is -2.51. The van der Waals surface area contributed by atoms with Crippen LogP contribution in [0.3, 0.4) is 0 Å². The van der Waals surface area contributed by atoms with E-state index in [1.54, 1.807) is 6.20 Å². The second-order valence-corrected chi connectivity index (χ2v) is 6.98. The van der Waals surface area contributed by atoms with E-state index in [9.17, 15) is 0 Å². The quantitative estimate of drug-likeness (QED) is 0.741. The largest absolute Gasteiger partial charge is 0.350 e. The molecule has 1 atom stereocenters. The van der Waals surface area contributed by atoms with E-state index in [0.29, 0.717) is 6.04 Å². The zero-order chi connectivity index (χ0) is 12.5. The minimum Gasteiger partial charge on any atom is -0.350 e. The van der Waals surface area contributed by atoms with E-state index in [1.165, 1.54) is 11.3 Å². The predicted octanol–water partition coefficient (Wildman–Crippen LogP) is 3.00. The second kappa shape index (κ2) is 5.49. The lowest BCUT2D eigenvalue weighted by Gasteiger charge is -2.40. The molecule has 1 saturated heterocycles. The Morgan fingerprint density at radius 2 is 2.39 bits per heavy atom. The first-order valence-corrected chi connectivity index (χ1v) is 8.66. The minimum atomic E-state index is 0.591. The van der Waals surface area contributed by atoms with Crippen LogP contribution in [0.5, 0.6) is 0 Å². The highest BCUT2D eigenvalue weighted by atomic mass is 35.5. The molecule has 0 bridgehead atoms. The zero-order valence-corrected chi connectivity index (χ0v) is 12.7. The molecule has 0 aliphatic carbocycles. The lowest BCUT2D eigenvalue weighted by molar-refractivity contribution is 0.355. The molecule has 0 amide bonds. The smallest absolute Gasteiger partial charge is 0.142 e. The third-order valence-electron chi connectivity index (χ3n) is 3.48. The normalized spacial score (nSPS) is 24.3. The summed E-state index contributed by atoms with van der Waals surface area (Å²) in [5, 5.41) is 0.738. The highest BCUT2D eigenvalue weighted by Crippen LogP contribution is 2.37. The number of hydrogen-bond acceptors (Lipinski definition) is 5. The molecule has 2 aliphatic rings. The van der Waals surface area contributed by atoms with Gasteiger partial charge in [0.15, 0.2) is 0 Å². The Bertz CT molecular complexity index is 443. The van der Waals surface area contributed by atoms with Crippen molar-refractivity contribution in [2.45, 2.75) is 17.4 Å². The van der Waals surface area contributed by atoms with Gasteiger partial charge < -0.3 is 4.90 Å². The SMILES string of the molecule is CSN1CCN2c3ncc(Cl)cc3SCC[C@@H]2C1. The number of hydrogen-bond donors (Lipinski definition) is 0. The Hall–Kier alpha value is -0.100. The molecule has 3 nitrogen and oxygen atoms in total. The summed E-state index contributed by atoms with van der Waals surface area (Å²) in [5.74, 6) is 2.28. The Morgan fingerprint density at radius 1 is 1.50 bits per heavy atom. The van der Waals surface area contributed by atoms with Crippen molar-refractivity contribution < 1.29 is 0 Å². The maximum atomic E-state index is 6.04. The van der Waals surface area contributed by atoms with Crippen LogP contribution in [-0.2, 0) is 0 Å². The first kappa shape index (κ1) is 12.9. The predicted molar refractivity (Wildman–Crippen MR) is 80.8 cm³/mol. The van der Waals surface area contributed by atoms with Crippen LogP contribution in [0.4, 0.5) is 5.82 Å². The molecule has 1 fully saturated rings. The van der Waals surface area contributed by atoms with Crippen LogP contribution < -0.4 is 4.90 Å². The standard InChI is InChI=1S/C12H16ClN3S2/c1-17-15-3-4-16-10(8-15)2-5-18-11-6-9(13)7-14-12(11)16/h6-7,10H,2-5,8H2,1H3/t10-/m1/s1. The summed E-state index contributed by atoms with van der Waals surface area (Å²) in [5.41, 5.74) is 0. The summed E-state index contributed by atoms with van der Waals surface area (Å²) >= 11 is 9.78. The highest BCUT2D eigenvalue weighted by molar-refractivity contribution is 7.99. The van der Waals surface area contributed by atoms with Crippen LogP contribution in [0.15, 0.2) is 17.2 Å². The molecule has 6 heteroatoms. The van der Waals surface area contributed by atoms with E-state index in [4.69, 9.17) is 11.6 Å². The van der Waals surface area contributed by atoms with Gasteiger partial charge in [-0.1, -0.05) is 23.5 Å². The Morgan fingerprint density at radius 3 is 3.22 bits per heavy atom. The van der Waals surface area contributed by atoms with Gasteiger partial charge in [-0.25, -0.2) is 9.29 Å². The van der Waals surface area contributed by atoms with Crippen molar-refractivity contribution in [3.8, 4) is 0 Å². The molecule has 0 N–H and O–H groups in total. The van der Waals surface area contributed by atoms with Crippen LogP contribution in [-0.4, -0.2) is 47.0 Å². The fraction of sp³-hybridized carbons (Fsp3) is 0.583. The molecule has 1 aromatic rings. The molecule has 2 aliphatic heterocycles. The number of nitrogens with zero attached hydrogens (tertiary/aromatic N) is 3. The van der Waals surface area contributed by atoms with Crippen molar-refractivity contribution in [2.75, 3.05) is 36.5 Å². The maximum Gasteiger partial charge on any atom is 0.142 e. The van der Waals surface area contributed by atoms with Crippen LogP contribution in [0.1, 0.15) is 6.42 Å². The van der Waals surface area contributed by atoms with Crippen LogP contribution in [0.25, 0.3) is 0 Å². The van der Waals surface area contributed by atoms with Gasteiger partial charge in [-0.15, -0.1) is 11.8 Å². The van der Waals surface area contributed by atoms with Crippen LogP contribution >= 0.6 is 35.3 Å². The molecule has 0 radical (unpaired) electrons. The Balaban J connectivity index is 1.90. The van der Waals surface area contributed by atoms with Crippen molar-refractivity contribution in [3.63, 3.8) is 0 Å². The third kappa shape index (κ3) is 2.46. The molecule has 0 aromatic carbocycles. The summed E-state index contributed by atoms with van der Waals surface area (Å²) in [6, 6.07) is 2.64. The average Bonchev–Trinajstić information content (AvgIpc) is 2.56. The van der Waals surface area contributed by atoms with Crippen molar-refractivity contribution in [1.29, 1.82) is 0 Å². The van der Waals surface area contributed by atoms with E-state index in [2.05, 4.69) is 26.5 Å². The number of rotatable bonds is 1. The summed E-state index contributed by atoms with van der Waals surface area (Å²) in [6.07, 6.45) is 5.15. The average molecular weight is 302 g/mol. The molecule has 18 heavy (non-hydrogen) atoms. The van der Waals surface area contributed by atoms with Crippen LogP contribution in [0.2, 0.25) is 5.02 Å². The molecule has 1 aromatic heterocycles. The van der Waals surface area contributed by atoms with Gasteiger partial charge in [0.05, 0.1) is 9.92 Å². The number of aromatic nitrogens is 1. The van der Waals surface area contributed by atoms with Gasteiger partial charge in [0.1, 0.15) is 5.82 Å². The van der Waals surface area contributed by atoms with Gasteiger partial charge in [0.2, 0.25) is 0 Å². The fourth-order valence-corrected chi connectivity index (χ4v) is 4.49. The van der Waals surface area contributed by atoms with Gasteiger partial charge in [-0.05, 0) is 18.7 Å². The van der Waals surface area contributed by atoms with E-state index >= 15 is 0 Å². The minimum absolute atomic E-state index is 0.591. The first-order valence-electron chi connectivity index (χ1n) is 6.12. The topological polar surface area (TPSA) is 19.4 Å². The molecule has 98 valence electrons.